The number of carbonyl (C=O) groups excluding carboxylic acids is 1. The molecule has 6 nitrogen and oxygen atoms in total. The first kappa shape index (κ1) is 23.2. The van der Waals surface area contributed by atoms with Crippen LogP contribution >= 0.6 is 11.8 Å². The average Bonchev–Trinajstić information content (AvgIpc) is 3.55. The molecule has 2 heterocycles. The van der Waals surface area contributed by atoms with Crippen molar-refractivity contribution in [3.63, 3.8) is 0 Å². The highest BCUT2D eigenvalue weighted by Gasteiger charge is 2.40. The Balaban J connectivity index is 1.60. The summed E-state index contributed by atoms with van der Waals surface area (Å²) in [5, 5.41) is 8.68. The van der Waals surface area contributed by atoms with Crippen molar-refractivity contribution in [1.82, 2.24) is 24.6 Å². The summed E-state index contributed by atoms with van der Waals surface area (Å²) in [5.74, 6) is -0.725. The second-order valence-corrected chi connectivity index (χ2v) is 8.80. The lowest BCUT2D eigenvalue weighted by molar-refractivity contribution is -0.164. The minimum absolute atomic E-state index is 0.0995. The molecule has 0 spiro atoms. The summed E-state index contributed by atoms with van der Waals surface area (Å²) in [4.78, 5) is 17.7. The molecule has 0 aliphatic heterocycles. The van der Waals surface area contributed by atoms with E-state index in [1.165, 1.54) is 12.1 Å². The standard InChI is InChI=1S/C22H21F4N5OS/c1-14(15-2-3-15)30(13-22(24,25)26)19(32)12-33-21-29-28-20(16-8-10-27-11-9-16)31(21)18-6-4-17(23)5-7-18/h4-11,14-15H,2-3,12-13H2,1H3. The van der Waals surface area contributed by atoms with Crippen LogP contribution in [0, 0.1) is 11.7 Å². The van der Waals surface area contributed by atoms with Crippen LogP contribution in [0.4, 0.5) is 17.6 Å². The van der Waals surface area contributed by atoms with Crippen molar-refractivity contribution in [3.05, 3.63) is 54.6 Å². The summed E-state index contributed by atoms with van der Waals surface area (Å²) < 4.78 is 54.5. The molecule has 1 aromatic carbocycles. The summed E-state index contributed by atoms with van der Waals surface area (Å²) in [6, 6.07) is 8.63. The molecule has 174 valence electrons. The van der Waals surface area contributed by atoms with Gasteiger partial charge >= 0.3 is 6.18 Å². The van der Waals surface area contributed by atoms with Crippen LogP contribution in [0.2, 0.25) is 0 Å². The summed E-state index contributed by atoms with van der Waals surface area (Å²) in [5.41, 5.74) is 1.25. The Morgan fingerprint density at radius 3 is 2.42 bits per heavy atom. The van der Waals surface area contributed by atoms with Crippen molar-refractivity contribution in [1.29, 1.82) is 0 Å². The van der Waals surface area contributed by atoms with Gasteiger partial charge in [0.1, 0.15) is 12.4 Å². The van der Waals surface area contributed by atoms with E-state index in [1.54, 1.807) is 48.1 Å². The molecule has 1 atom stereocenters. The first-order chi connectivity index (χ1) is 15.7. The van der Waals surface area contributed by atoms with Gasteiger partial charge in [0.15, 0.2) is 11.0 Å². The van der Waals surface area contributed by atoms with Crippen LogP contribution in [0.15, 0.2) is 53.9 Å². The lowest BCUT2D eigenvalue weighted by Gasteiger charge is -2.30. The second-order valence-electron chi connectivity index (χ2n) is 7.86. The molecule has 33 heavy (non-hydrogen) atoms. The number of alkyl halides is 3. The topological polar surface area (TPSA) is 63.9 Å². The van der Waals surface area contributed by atoms with E-state index < -0.39 is 30.5 Å². The van der Waals surface area contributed by atoms with Gasteiger partial charge in [-0.15, -0.1) is 10.2 Å². The van der Waals surface area contributed by atoms with E-state index >= 15 is 0 Å². The van der Waals surface area contributed by atoms with E-state index in [9.17, 15) is 22.4 Å². The number of aromatic nitrogens is 4. The fraction of sp³-hybridized carbons (Fsp3) is 0.364. The average molecular weight is 480 g/mol. The zero-order valence-electron chi connectivity index (χ0n) is 17.7. The van der Waals surface area contributed by atoms with Crippen LogP contribution < -0.4 is 0 Å². The van der Waals surface area contributed by atoms with Gasteiger partial charge in [-0.25, -0.2) is 4.39 Å². The summed E-state index contributed by atoms with van der Waals surface area (Å²) in [7, 11) is 0. The zero-order chi connectivity index (χ0) is 23.6. The number of thioether (sulfide) groups is 1. The zero-order valence-corrected chi connectivity index (χ0v) is 18.5. The van der Waals surface area contributed by atoms with Crippen LogP contribution in [0.5, 0.6) is 0 Å². The molecule has 1 amide bonds. The number of nitrogens with zero attached hydrogens (tertiary/aromatic N) is 5. The van der Waals surface area contributed by atoms with E-state index in [0.717, 1.165) is 29.5 Å². The maximum atomic E-state index is 13.5. The molecule has 11 heteroatoms. The third kappa shape index (κ3) is 5.70. The lowest BCUT2D eigenvalue weighted by Crippen LogP contribution is -2.46. The minimum Gasteiger partial charge on any atom is -0.330 e. The van der Waals surface area contributed by atoms with Gasteiger partial charge in [-0.05, 0) is 62.1 Å². The van der Waals surface area contributed by atoms with Gasteiger partial charge in [-0.2, -0.15) is 13.2 Å². The third-order valence-electron chi connectivity index (χ3n) is 5.45. The van der Waals surface area contributed by atoms with Crippen LogP contribution in [-0.2, 0) is 4.79 Å². The molecule has 1 aliphatic carbocycles. The number of halogens is 4. The number of benzene rings is 1. The predicted molar refractivity (Wildman–Crippen MR) is 115 cm³/mol. The largest absolute Gasteiger partial charge is 0.406 e. The molecule has 3 aromatic rings. The summed E-state index contributed by atoms with van der Waals surface area (Å²) in [6.45, 7) is 0.380. The fourth-order valence-electron chi connectivity index (χ4n) is 3.57. The van der Waals surface area contributed by atoms with Gasteiger partial charge < -0.3 is 4.90 Å². The van der Waals surface area contributed by atoms with E-state index in [2.05, 4.69) is 15.2 Å². The number of amides is 1. The van der Waals surface area contributed by atoms with Crippen molar-refractivity contribution < 1.29 is 22.4 Å². The van der Waals surface area contributed by atoms with Gasteiger partial charge in [0.25, 0.3) is 0 Å². The Bertz CT molecular complexity index is 1100. The van der Waals surface area contributed by atoms with Crippen molar-refractivity contribution in [2.45, 2.75) is 37.1 Å². The molecule has 4 rings (SSSR count). The minimum atomic E-state index is -4.48. The molecule has 0 radical (unpaired) electrons. The summed E-state index contributed by atoms with van der Waals surface area (Å²) in [6.07, 6.45) is 0.341. The van der Waals surface area contributed by atoms with E-state index in [0.29, 0.717) is 22.2 Å². The Labute approximate surface area is 192 Å². The number of pyridine rings is 1. The van der Waals surface area contributed by atoms with Gasteiger partial charge in [-0.3, -0.25) is 14.3 Å². The Hall–Kier alpha value is -2.95. The SMILES string of the molecule is CC(C1CC1)N(CC(F)(F)F)C(=O)CSc1nnc(-c2ccncc2)n1-c1ccc(F)cc1. The molecule has 1 saturated carbocycles. The molecular weight excluding hydrogens is 458 g/mol. The molecule has 0 bridgehead atoms. The van der Waals surface area contributed by atoms with Gasteiger partial charge in [0.05, 0.1) is 5.75 Å². The van der Waals surface area contributed by atoms with Crippen LogP contribution in [0.25, 0.3) is 17.1 Å². The van der Waals surface area contributed by atoms with Crippen LogP contribution in [0.1, 0.15) is 19.8 Å². The Morgan fingerprint density at radius 1 is 1.15 bits per heavy atom. The second kappa shape index (κ2) is 9.50. The van der Waals surface area contributed by atoms with Crippen molar-refractivity contribution in [2.24, 2.45) is 5.92 Å². The van der Waals surface area contributed by atoms with E-state index in [-0.39, 0.29) is 11.7 Å². The van der Waals surface area contributed by atoms with Crippen molar-refractivity contribution >= 4 is 17.7 Å². The smallest absolute Gasteiger partial charge is 0.330 e. The predicted octanol–water partition coefficient (Wildman–Crippen LogP) is 4.75. The number of hydrogen-bond donors (Lipinski definition) is 0. The molecule has 0 N–H and O–H groups in total. The fourth-order valence-corrected chi connectivity index (χ4v) is 4.41. The van der Waals surface area contributed by atoms with Crippen molar-refractivity contribution in [2.75, 3.05) is 12.3 Å². The highest BCUT2D eigenvalue weighted by Crippen LogP contribution is 2.37. The number of hydrogen-bond acceptors (Lipinski definition) is 5. The maximum Gasteiger partial charge on any atom is 0.406 e. The van der Waals surface area contributed by atoms with E-state index in [4.69, 9.17) is 0 Å². The monoisotopic (exact) mass is 479 g/mol. The molecule has 1 fully saturated rings. The molecule has 1 unspecified atom stereocenters. The van der Waals surface area contributed by atoms with Crippen LogP contribution in [-0.4, -0.2) is 55.1 Å². The quantitative estimate of drug-likeness (QED) is 0.345. The molecule has 1 aliphatic rings. The normalized spacial score (nSPS) is 14.8. The van der Waals surface area contributed by atoms with Gasteiger partial charge in [0, 0.05) is 29.7 Å². The first-order valence-electron chi connectivity index (χ1n) is 10.3. The number of carbonyl (C=O) groups is 1. The third-order valence-corrected chi connectivity index (χ3v) is 6.36. The van der Waals surface area contributed by atoms with E-state index in [1.807, 2.05) is 0 Å². The highest BCUT2D eigenvalue weighted by molar-refractivity contribution is 7.99. The van der Waals surface area contributed by atoms with Gasteiger partial charge in [-0.1, -0.05) is 11.8 Å². The van der Waals surface area contributed by atoms with Crippen LogP contribution in [0.3, 0.4) is 0 Å². The molecule has 2 aromatic heterocycles. The molecular formula is C22H21F4N5OS. The Kier molecular flexibility index (Phi) is 6.68. The maximum absolute atomic E-state index is 13.5. The lowest BCUT2D eigenvalue weighted by atomic mass is 10.2. The molecule has 0 saturated heterocycles. The highest BCUT2D eigenvalue weighted by atomic mass is 32.2. The van der Waals surface area contributed by atoms with Gasteiger partial charge in [0.2, 0.25) is 5.91 Å². The summed E-state index contributed by atoms with van der Waals surface area (Å²) >= 11 is 0.995. The Morgan fingerprint density at radius 2 is 1.82 bits per heavy atom. The van der Waals surface area contributed by atoms with Crippen molar-refractivity contribution in [3.8, 4) is 17.1 Å². The number of rotatable bonds is 8. The first-order valence-corrected chi connectivity index (χ1v) is 11.3.